The van der Waals surface area contributed by atoms with Crippen LogP contribution in [0.5, 0.6) is 5.75 Å². The van der Waals surface area contributed by atoms with Crippen LogP contribution in [0.15, 0.2) is 77.3 Å². The Kier molecular flexibility index (Phi) is 7.63. The second kappa shape index (κ2) is 10.8. The van der Waals surface area contributed by atoms with Crippen LogP contribution in [-0.4, -0.2) is 18.5 Å². The molecule has 0 radical (unpaired) electrons. The Balaban J connectivity index is 1.66. The van der Waals surface area contributed by atoms with E-state index in [9.17, 15) is 22.8 Å². The number of alkyl halides is 3. The zero-order chi connectivity index (χ0) is 28.5. The lowest BCUT2D eigenvalue weighted by Gasteiger charge is -2.13. The number of furan rings is 1. The van der Waals surface area contributed by atoms with E-state index in [0.717, 1.165) is 11.6 Å². The van der Waals surface area contributed by atoms with Crippen LogP contribution in [0.2, 0.25) is 0 Å². The van der Waals surface area contributed by atoms with Gasteiger partial charge in [0.25, 0.3) is 0 Å². The van der Waals surface area contributed by atoms with Crippen LogP contribution in [0.1, 0.15) is 31.4 Å². The minimum absolute atomic E-state index is 0.0283. The van der Waals surface area contributed by atoms with Gasteiger partial charge in [0.1, 0.15) is 11.3 Å². The van der Waals surface area contributed by atoms with Crippen molar-refractivity contribution in [2.75, 3.05) is 6.61 Å². The van der Waals surface area contributed by atoms with Gasteiger partial charge in [0.15, 0.2) is 17.0 Å². The molecule has 4 aromatic rings. The molecule has 1 aromatic heterocycles. The number of carbonyl (C=O) groups is 2. The average Bonchev–Trinajstić information content (AvgIpc) is 3.25. The molecule has 0 aliphatic rings. The molecule has 4 rings (SSSR count). The van der Waals surface area contributed by atoms with Crippen LogP contribution in [0.3, 0.4) is 0 Å². The van der Waals surface area contributed by atoms with E-state index in [2.05, 4.69) is 13.2 Å². The van der Waals surface area contributed by atoms with E-state index in [1.165, 1.54) is 25.1 Å². The molecule has 202 valence electrons. The molecular formula is C30H24F4O5. The third kappa shape index (κ3) is 5.72. The fraction of sp³-hybridized carbons (Fsp3) is 0.200. The standard InChI is InChI=1S/C30H24F4O5/c1-16(2)28(35)37-15-5-6-18-7-9-19(10-8-18)20-11-12-22-21-13-14-23(38-29(36)17(3)4)24(30(32,33)34)26(21)39-27(22)25(20)31/h7-14H,1,3,5-6,15H2,2,4H3. The van der Waals surface area contributed by atoms with Gasteiger partial charge in [0.05, 0.1) is 6.61 Å². The number of carbonyl (C=O) groups excluding carboxylic acids is 2. The molecule has 9 heteroatoms. The van der Waals surface area contributed by atoms with Crippen molar-refractivity contribution < 1.29 is 41.0 Å². The number of halogens is 4. The van der Waals surface area contributed by atoms with Gasteiger partial charge in [0.2, 0.25) is 0 Å². The lowest BCUT2D eigenvalue weighted by atomic mass is 10.00. The summed E-state index contributed by atoms with van der Waals surface area (Å²) in [5.41, 5.74) is -0.481. The van der Waals surface area contributed by atoms with Crippen LogP contribution in [0, 0.1) is 5.82 Å². The first kappa shape index (κ1) is 27.6. The predicted molar refractivity (Wildman–Crippen MR) is 139 cm³/mol. The molecule has 0 bridgehead atoms. The first-order chi connectivity index (χ1) is 18.4. The molecule has 0 atom stereocenters. The van der Waals surface area contributed by atoms with Crippen molar-refractivity contribution in [3.63, 3.8) is 0 Å². The van der Waals surface area contributed by atoms with Gasteiger partial charge in [-0.3, -0.25) is 0 Å². The van der Waals surface area contributed by atoms with Gasteiger partial charge in [-0.2, -0.15) is 13.2 Å². The van der Waals surface area contributed by atoms with E-state index in [1.807, 2.05) is 0 Å². The highest BCUT2D eigenvalue weighted by atomic mass is 19.4. The normalized spacial score (nSPS) is 11.5. The summed E-state index contributed by atoms with van der Waals surface area (Å²) in [6, 6.07) is 12.2. The van der Waals surface area contributed by atoms with Crippen molar-refractivity contribution in [3.05, 3.63) is 89.8 Å². The molecule has 0 N–H and O–H groups in total. The summed E-state index contributed by atoms with van der Waals surface area (Å²) in [5, 5.41) is 0.177. The molecule has 3 aromatic carbocycles. The SMILES string of the molecule is C=C(C)C(=O)OCCCc1ccc(-c2ccc3c(oc4c(C(F)(F)F)c(OC(=O)C(=C)C)ccc43)c2F)cc1. The lowest BCUT2D eigenvalue weighted by Crippen LogP contribution is -2.14. The molecule has 0 unspecified atom stereocenters. The third-order valence-electron chi connectivity index (χ3n) is 6.00. The summed E-state index contributed by atoms with van der Waals surface area (Å²) in [7, 11) is 0. The number of aryl methyl sites for hydroxylation is 1. The largest absolute Gasteiger partial charge is 0.462 e. The van der Waals surface area contributed by atoms with Gasteiger partial charge in [-0.05, 0) is 56.0 Å². The number of ether oxygens (including phenoxy) is 2. The number of esters is 2. The zero-order valence-electron chi connectivity index (χ0n) is 21.2. The van der Waals surface area contributed by atoms with E-state index in [4.69, 9.17) is 13.9 Å². The fourth-order valence-electron chi connectivity index (χ4n) is 4.03. The molecular weight excluding hydrogens is 516 g/mol. The van der Waals surface area contributed by atoms with Crippen LogP contribution >= 0.6 is 0 Å². The van der Waals surface area contributed by atoms with Crippen LogP contribution in [0.25, 0.3) is 33.1 Å². The van der Waals surface area contributed by atoms with Crippen LogP contribution < -0.4 is 4.74 Å². The average molecular weight is 541 g/mol. The predicted octanol–water partition coefficient (Wildman–Crippen LogP) is 7.94. The Labute approximate surface area is 221 Å². The number of rotatable bonds is 8. The monoisotopic (exact) mass is 540 g/mol. The van der Waals surface area contributed by atoms with Gasteiger partial charge < -0.3 is 13.9 Å². The molecule has 5 nitrogen and oxygen atoms in total. The van der Waals surface area contributed by atoms with Crippen molar-refractivity contribution in [2.45, 2.75) is 32.9 Å². The quantitative estimate of drug-likeness (QED) is 0.0746. The molecule has 0 saturated heterocycles. The van der Waals surface area contributed by atoms with Gasteiger partial charge >= 0.3 is 18.1 Å². The van der Waals surface area contributed by atoms with Gasteiger partial charge in [-0.25, -0.2) is 14.0 Å². The molecule has 0 amide bonds. The van der Waals surface area contributed by atoms with E-state index in [-0.39, 0.29) is 34.1 Å². The maximum Gasteiger partial charge on any atom is 0.423 e. The summed E-state index contributed by atoms with van der Waals surface area (Å²) in [6.45, 7) is 10.0. The smallest absolute Gasteiger partial charge is 0.423 e. The van der Waals surface area contributed by atoms with Crippen molar-refractivity contribution >= 4 is 33.9 Å². The van der Waals surface area contributed by atoms with Crippen molar-refractivity contribution in [3.8, 4) is 16.9 Å². The van der Waals surface area contributed by atoms with Crippen molar-refractivity contribution in [1.29, 1.82) is 0 Å². The number of benzene rings is 3. The highest BCUT2D eigenvalue weighted by Crippen LogP contribution is 2.45. The number of fused-ring (bicyclic) bond motifs is 3. The number of hydrogen-bond acceptors (Lipinski definition) is 5. The fourth-order valence-corrected chi connectivity index (χ4v) is 4.03. The first-order valence-electron chi connectivity index (χ1n) is 11.9. The molecule has 0 saturated carbocycles. The zero-order valence-corrected chi connectivity index (χ0v) is 21.2. The summed E-state index contributed by atoms with van der Waals surface area (Å²) in [6.07, 6.45) is -3.74. The first-order valence-corrected chi connectivity index (χ1v) is 11.9. The maximum absolute atomic E-state index is 15.6. The Bertz CT molecular complexity index is 1610. The summed E-state index contributed by atoms with van der Waals surface area (Å²) in [5.74, 6) is -3.06. The maximum atomic E-state index is 15.6. The Morgan fingerprint density at radius 2 is 1.49 bits per heavy atom. The van der Waals surface area contributed by atoms with Gasteiger partial charge in [-0.15, -0.1) is 0 Å². The molecule has 1 heterocycles. The van der Waals surface area contributed by atoms with E-state index < -0.39 is 40.8 Å². The van der Waals surface area contributed by atoms with E-state index >= 15 is 4.39 Å². The second-order valence-electron chi connectivity index (χ2n) is 9.11. The van der Waals surface area contributed by atoms with E-state index in [0.29, 0.717) is 24.0 Å². The van der Waals surface area contributed by atoms with Crippen molar-refractivity contribution in [2.24, 2.45) is 0 Å². The second-order valence-corrected chi connectivity index (χ2v) is 9.11. The van der Waals surface area contributed by atoms with Gasteiger partial charge in [0, 0.05) is 27.5 Å². The summed E-state index contributed by atoms with van der Waals surface area (Å²) in [4.78, 5) is 23.3. The summed E-state index contributed by atoms with van der Waals surface area (Å²) >= 11 is 0. The van der Waals surface area contributed by atoms with Crippen molar-refractivity contribution in [1.82, 2.24) is 0 Å². The number of hydrogen-bond donors (Lipinski definition) is 0. The molecule has 0 fully saturated rings. The molecule has 0 aliphatic carbocycles. The minimum Gasteiger partial charge on any atom is -0.462 e. The third-order valence-corrected chi connectivity index (χ3v) is 6.00. The van der Waals surface area contributed by atoms with Crippen LogP contribution in [-0.2, 0) is 26.9 Å². The molecule has 0 spiro atoms. The topological polar surface area (TPSA) is 65.7 Å². The van der Waals surface area contributed by atoms with Gasteiger partial charge in [-0.1, -0.05) is 43.5 Å². The summed E-state index contributed by atoms with van der Waals surface area (Å²) < 4.78 is 73.1. The Morgan fingerprint density at radius 3 is 2.10 bits per heavy atom. The van der Waals surface area contributed by atoms with E-state index in [1.54, 1.807) is 31.2 Å². The highest BCUT2D eigenvalue weighted by molar-refractivity contribution is 6.08. The Hall–Kier alpha value is -4.40. The Morgan fingerprint density at radius 1 is 0.872 bits per heavy atom. The molecule has 39 heavy (non-hydrogen) atoms. The highest BCUT2D eigenvalue weighted by Gasteiger charge is 2.39. The lowest BCUT2D eigenvalue weighted by molar-refractivity contribution is -0.141. The molecule has 0 aliphatic heterocycles. The van der Waals surface area contributed by atoms with Crippen LogP contribution in [0.4, 0.5) is 17.6 Å². The minimum atomic E-state index is -4.95.